The monoisotopic (exact) mass is 247 g/mol. The van der Waals surface area contributed by atoms with Gasteiger partial charge in [-0.15, -0.1) is 11.3 Å². The van der Waals surface area contributed by atoms with E-state index in [1.165, 1.54) is 11.3 Å². The SMILES string of the molecule is CC(C)NC(=O)c1sccc1Br. The Morgan fingerprint density at radius 3 is 2.75 bits per heavy atom. The first-order valence-corrected chi connectivity index (χ1v) is 5.32. The lowest BCUT2D eigenvalue weighted by Crippen LogP contribution is -2.29. The van der Waals surface area contributed by atoms with Gasteiger partial charge in [-0.25, -0.2) is 0 Å². The normalized spacial score (nSPS) is 10.3. The van der Waals surface area contributed by atoms with E-state index in [4.69, 9.17) is 0 Å². The average molecular weight is 248 g/mol. The van der Waals surface area contributed by atoms with Crippen molar-refractivity contribution >= 4 is 33.2 Å². The molecule has 66 valence electrons. The second-order valence-corrected chi connectivity index (χ2v) is 4.50. The summed E-state index contributed by atoms with van der Waals surface area (Å²) in [7, 11) is 0. The van der Waals surface area contributed by atoms with E-state index >= 15 is 0 Å². The van der Waals surface area contributed by atoms with Crippen LogP contribution in [-0.4, -0.2) is 11.9 Å². The number of hydrogen-bond donors (Lipinski definition) is 1. The van der Waals surface area contributed by atoms with Crippen LogP contribution in [0.3, 0.4) is 0 Å². The Hall–Kier alpha value is -0.350. The lowest BCUT2D eigenvalue weighted by atomic mass is 10.3. The number of hydrogen-bond acceptors (Lipinski definition) is 2. The molecule has 12 heavy (non-hydrogen) atoms. The van der Waals surface area contributed by atoms with Crippen LogP contribution >= 0.6 is 27.3 Å². The van der Waals surface area contributed by atoms with Crippen molar-refractivity contribution in [2.45, 2.75) is 19.9 Å². The Balaban J connectivity index is 2.72. The molecule has 1 aromatic rings. The molecular formula is C8H10BrNOS. The molecule has 0 unspecified atom stereocenters. The smallest absolute Gasteiger partial charge is 0.262 e. The first kappa shape index (κ1) is 9.74. The lowest BCUT2D eigenvalue weighted by Gasteiger charge is -2.06. The molecular weight excluding hydrogens is 238 g/mol. The van der Waals surface area contributed by atoms with Crippen LogP contribution in [-0.2, 0) is 0 Å². The van der Waals surface area contributed by atoms with Crippen LogP contribution < -0.4 is 5.32 Å². The van der Waals surface area contributed by atoms with Crippen molar-refractivity contribution in [3.8, 4) is 0 Å². The van der Waals surface area contributed by atoms with Crippen LogP contribution in [0.1, 0.15) is 23.5 Å². The summed E-state index contributed by atoms with van der Waals surface area (Å²) < 4.78 is 0.866. The molecule has 4 heteroatoms. The summed E-state index contributed by atoms with van der Waals surface area (Å²) in [5.41, 5.74) is 0. The summed E-state index contributed by atoms with van der Waals surface area (Å²) in [6.45, 7) is 3.89. The van der Waals surface area contributed by atoms with Crippen LogP contribution in [0.4, 0.5) is 0 Å². The molecule has 1 N–H and O–H groups in total. The molecule has 0 atom stereocenters. The van der Waals surface area contributed by atoms with Gasteiger partial charge in [-0.05, 0) is 41.2 Å². The van der Waals surface area contributed by atoms with Gasteiger partial charge in [0.15, 0.2) is 0 Å². The number of rotatable bonds is 2. The van der Waals surface area contributed by atoms with Crippen LogP contribution in [0.5, 0.6) is 0 Å². The quantitative estimate of drug-likeness (QED) is 0.856. The predicted molar refractivity (Wildman–Crippen MR) is 54.6 cm³/mol. The number of carbonyl (C=O) groups is 1. The van der Waals surface area contributed by atoms with E-state index in [0.717, 1.165) is 9.35 Å². The Morgan fingerprint density at radius 1 is 1.67 bits per heavy atom. The third-order valence-corrected chi connectivity index (χ3v) is 3.08. The molecule has 1 heterocycles. The molecule has 0 aliphatic carbocycles. The highest BCUT2D eigenvalue weighted by Crippen LogP contribution is 2.22. The van der Waals surface area contributed by atoms with Gasteiger partial charge in [0, 0.05) is 10.5 Å². The molecule has 1 aromatic heterocycles. The Morgan fingerprint density at radius 2 is 2.33 bits per heavy atom. The van der Waals surface area contributed by atoms with Crippen molar-refractivity contribution in [1.82, 2.24) is 5.32 Å². The van der Waals surface area contributed by atoms with Crippen molar-refractivity contribution in [3.05, 3.63) is 20.8 Å². The van der Waals surface area contributed by atoms with Crippen molar-refractivity contribution in [2.75, 3.05) is 0 Å². The zero-order chi connectivity index (χ0) is 9.14. The summed E-state index contributed by atoms with van der Waals surface area (Å²) in [6, 6.07) is 2.06. The molecule has 1 rings (SSSR count). The van der Waals surface area contributed by atoms with Gasteiger partial charge >= 0.3 is 0 Å². The molecule has 0 aliphatic heterocycles. The molecule has 0 bridgehead atoms. The Kier molecular flexibility index (Phi) is 3.29. The Labute approximate surface area is 84.1 Å². The minimum Gasteiger partial charge on any atom is -0.349 e. The van der Waals surface area contributed by atoms with Gasteiger partial charge in [-0.3, -0.25) is 4.79 Å². The third kappa shape index (κ3) is 2.32. The van der Waals surface area contributed by atoms with E-state index < -0.39 is 0 Å². The number of halogens is 1. The summed E-state index contributed by atoms with van der Waals surface area (Å²) in [5, 5.41) is 4.72. The van der Waals surface area contributed by atoms with E-state index in [9.17, 15) is 4.79 Å². The standard InChI is InChI=1S/C8H10BrNOS/c1-5(2)10-8(11)7-6(9)3-4-12-7/h3-5H,1-2H3,(H,10,11). The highest BCUT2D eigenvalue weighted by molar-refractivity contribution is 9.10. The zero-order valence-electron chi connectivity index (χ0n) is 6.93. The highest BCUT2D eigenvalue weighted by atomic mass is 79.9. The maximum atomic E-state index is 11.4. The molecule has 0 spiro atoms. The summed E-state index contributed by atoms with van der Waals surface area (Å²) in [4.78, 5) is 12.1. The molecule has 0 fully saturated rings. The second-order valence-electron chi connectivity index (χ2n) is 2.73. The first-order valence-electron chi connectivity index (χ1n) is 3.65. The fraction of sp³-hybridized carbons (Fsp3) is 0.375. The fourth-order valence-corrected chi connectivity index (χ4v) is 2.24. The van der Waals surface area contributed by atoms with Gasteiger partial charge in [-0.1, -0.05) is 0 Å². The summed E-state index contributed by atoms with van der Waals surface area (Å²) >= 11 is 4.75. The predicted octanol–water partition coefficient (Wildman–Crippen LogP) is 2.65. The third-order valence-electron chi connectivity index (χ3n) is 1.24. The number of amides is 1. The van der Waals surface area contributed by atoms with Crippen molar-refractivity contribution in [2.24, 2.45) is 0 Å². The molecule has 0 saturated carbocycles. The van der Waals surface area contributed by atoms with Gasteiger partial charge in [0.25, 0.3) is 5.91 Å². The van der Waals surface area contributed by atoms with E-state index in [1.54, 1.807) is 0 Å². The number of nitrogens with one attached hydrogen (secondary N) is 1. The minimum atomic E-state index is -0.00752. The molecule has 0 radical (unpaired) electrons. The van der Waals surface area contributed by atoms with Gasteiger partial charge in [-0.2, -0.15) is 0 Å². The molecule has 2 nitrogen and oxygen atoms in total. The Bertz CT molecular complexity index is 282. The molecule has 0 aliphatic rings. The van der Waals surface area contributed by atoms with Crippen molar-refractivity contribution in [1.29, 1.82) is 0 Å². The molecule has 1 amide bonds. The van der Waals surface area contributed by atoms with Gasteiger partial charge in [0.2, 0.25) is 0 Å². The number of carbonyl (C=O) groups excluding carboxylic acids is 1. The van der Waals surface area contributed by atoms with Crippen LogP contribution in [0.25, 0.3) is 0 Å². The maximum Gasteiger partial charge on any atom is 0.262 e. The zero-order valence-corrected chi connectivity index (χ0v) is 9.33. The highest BCUT2D eigenvalue weighted by Gasteiger charge is 2.11. The summed E-state index contributed by atoms with van der Waals surface area (Å²) in [5.74, 6) is -0.00752. The van der Waals surface area contributed by atoms with Gasteiger partial charge in [0.05, 0.1) is 0 Å². The first-order chi connectivity index (χ1) is 5.61. The van der Waals surface area contributed by atoms with Crippen LogP contribution in [0, 0.1) is 0 Å². The van der Waals surface area contributed by atoms with Crippen LogP contribution in [0.15, 0.2) is 15.9 Å². The van der Waals surface area contributed by atoms with E-state index in [2.05, 4.69) is 21.2 Å². The number of thiophene rings is 1. The van der Waals surface area contributed by atoms with E-state index in [-0.39, 0.29) is 11.9 Å². The maximum absolute atomic E-state index is 11.4. The summed E-state index contributed by atoms with van der Waals surface area (Å²) in [6.07, 6.45) is 0. The van der Waals surface area contributed by atoms with Crippen molar-refractivity contribution in [3.63, 3.8) is 0 Å². The van der Waals surface area contributed by atoms with Gasteiger partial charge in [0.1, 0.15) is 4.88 Å². The topological polar surface area (TPSA) is 29.1 Å². The van der Waals surface area contributed by atoms with E-state index in [0.29, 0.717) is 0 Å². The second kappa shape index (κ2) is 4.05. The van der Waals surface area contributed by atoms with Crippen LogP contribution in [0.2, 0.25) is 0 Å². The van der Waals surface area contributed by atoms with Crippen molar-refractivity contribution < 1.29 is 4.79 Å². The van der Waals surface area contributed by atoms with Gasteiger partial charge < -0.3 is 5.32 Å². The molecule has 0 saturated heterocycles. The van der Waals surface area contributed by atoms with E-state index in [1.807, 2.05) is 25.3 Å². The fourth-order valence-electron chi connectivity index (χ4n) is 0.783. The minimum absolute atomic E-state index is 0.00752. The lowest BCUT2D eigenvalue weighted by molar-refractivity contribution is 0.0946. The largest absolute Gasteiger partial charge is 0.349 e. The molecule has 0 aromatic carbocycles. The average Bonchev–Trinajstić information content (AvgIpc) is 2.33.